The lowest BCUT2D eigenvalue weighted by Gasteiger charge is -2.36. The van der Waals surface area contributed by atoms with Gasteiger partial charge in [0.1, 0.15) is 5.75 Å². The van der Waals surface area contributed by atoms with Crippen LogP contribution in [0.4, 0.5) is 0 Å². The first-order valence-electron chi connectivity index (χ1n) is 10.1. The predicted octanol–water partition coefficient (Wildman–Crippen LogP) is 7.80. The Labute approximate surface area is 214 Å². The number of ether oxygens (including phenoxy) is 4. The van der Waals surface area contributed by atoms with E-state index in [9.17, 15) is 0 Å². The van der Waals surface area contributed by atoms with E-state index in [-0.39, 0.29) is 5.04 Å². The molecule has 0 spiro atoms. The lowest BCUT2D eigenvalue weighted by molar-refractivity contribution is 0.323. The van der Waals surface area contributed by atoms with Crippen molar-refractivity contribution in [3.05, 3.63) is 39.9 Å². The molecule has 0 aromatic heterocycles. The number of hydrogen-bond donors (Lipinski definition) is 0. The number of halogens is 2. The van der Waals surface area contributed by atoms with Crippen LogP contribution in [0.3, 0.4) is 0 Å². The van der Waals surface area contributed by atoms with Crippen LogP contribution in [0.2, 0.25) is 18.1 Å². The van der Waals surface area contributed by atoms with Gasteiger partial charge in [0.15, 0.2) is 17.2 Å². The Kier molecular flexibility index (Phi) is 8.97. The van der Waals surface area contributed by atoms with Crippen molar-refractivity contribution in [2.24, 2.45) is 0 Å². The van der Waals surface area contributed by atoms with Gasteiger partial charge in [-0.25, -0.2) is 0 Å². The third kappa shape index (κ3) is 5.74. The van der Waals surface area contributed by atoms with Gasteiger partial charge in [-0.05, 0) is 86.5 Å². The highest BCUT2D eigenvalue weighted by atomic mass is 127. The maximum atomic E-state index is 6.56. The molecule has 0 unspecified atom stereocenters. The molecule has 0 N–H and O–H groups in total. The molecule has 0 heterocycles. The van der Waals surface area contributed by atoms with Crippen LogP contribution in [0.25, 0.3) is 9.66 Å². The van der Waals surface area contributed by atoms with E-state index >= 15 is 0 Å². The molecule has 5 nitrogen and oxygen atoms in total. The minimum Gasteiger partial charge on any atom is -0.541 e. The van der Waals surface area contributed by atoms with Crippen molar-refractivity contribution in [3.8, 4) is 28.7 Å². The molecule has 0 saturated heterocycles. The van der Waals surface area contributed by atoms with Crippen molar-refractivity contribution >= 4 is 56.5 Å². The fourth-order valence-electron chi connectivity index (χ4n) is 2.81. The van der Waals surface area contributed by atoms with Gasteiger partial charge in [0.05, 0.1) is 32.9 Å². The highest BCUT2D eigenvalue weighted by molar-refractivity contribution is 14.1. The van der Waals surface area contributed by atoms with Crippen LogP contribution >= 0.6 is 38.5 Å². The third-order valence-electron chi connectivity index (χ3n) is 5.68. The van der Waals surface area contributed by atoms with E-state index < -0.39 is 8.32 Å². The monoisotopic (exact) mass is 634 g/mol. The van der Waals surface area contributed by atoms with E-state index in [2.05, 4.69) is 78.5 Å². The van der Waals surface area contributed by atoms with E-state index in [1.54, 1.807) is 28.4 Å². The van der Waals surface area contributed by atoms with Gasteiger partial charge in [0, 0.05) is 9.14 Å². The molecule has 8 heteroatoms. The van der Waals surface area contributed by atoms with Gasteiger partial charge in [-0.3, -0.25) is 0 Å². The van der Waals surface area contributed by atoms with Crippen LogP contribution in [0.5, 0.6) is 28.7 Å². The second kappa shape index (κ2) is 10.7. The largest absolute Gasteiger partial charge is 0.541 e. The van der Waals surface area contributed by atoms with Gasteiger partial charge in [-0.1, -0.05) is 26.8 Å². The van der Waals surface area contributed by atoms with Gasteiger partial charge in [-0.2, -0.15) is 0 Å². The lowest BCUT2D eigenvalue weighted by Crippen LogP contribution is -2.43. The number of rotatable bonds is 8. The summed E-state index contributed by atoms with van der Waals surface area (Å²) in [5, 5.41) is 0.0827. The molecular formula is C24H32BrIO5Si. The maximum Gasteiger partial charge on any atom is 0.250 e. The highest BCUT2D eigenvalue weighted by Crippen LogP contribution is 2.48. The molecule has 0 radical (unpaired) electrons. The number of hydrogen-bond acceptors (Lipinski definition) is 5. The Balaban J connectivity index is 2.55. The quantitative estimate of drug-likeness (QED) is 0.168. The summed E-state index contributed by atoms with van der Waals surface area (Å²) >= 11 is 5.98. The summed E-state index contributed by atoms with van der Waals surface area (Å²) in [6, 6.07) is 7.93. The fraction of sp³-hybridized carbons (Fsp3) is 0.417. The molecule has 32 heavy (non-hydrogen) atoms. The van der Waals surface area contributed by atoms with Crippen LogP contribution < -0.4 is 23.4 Å². The lowest BCUT2D eigenvalue weighted by atomic mass is 10.1. The average Bonchev–Trinajstić information content (AvgIpc) is 2.72. The van der Waals surface area contributed by atoms with Crippen LogP contribution in [-0.4, -0.2) is 36.8 Å². The first-order valence-corrected chi connectivity index (χ1v) is 14.9. The molecule has 2 rings (SSSR count). The van der Waals surface area contributed by atoms with Gasteiger partial charge in [-0.15, -0.1) is 0 Å². The van der Waals surface area contributed by atoms with Crippen molar-refractivity contribution in [3.63, 3.8) is 0 Å². The Hall–Kier alpha value is -1.39. The normalized spacial score (nSPS) is 12.4. The molecule has 0 aliphatic rings. The second-order valence-corrected chi connectivity index (χ2v) is 15.5. The Morgan fingerprint density at radius 1 is 0.875 bits per heavy atom. The molecule has 0 fully saturated rings. The first kappa shape index (κ1) is 26.9. The van der Waals surface area contributed by atoms with Gasteiger partial charge >= 0.3 is 0 Å². The van der Waals surface area contributed by atoms with Crippen molar-refractivity contribution in [2.75, 3.05) is 28.4 Å². The predicted molar refractivity (Wildman–Crippen MR) is 147 cm³/mol. The summed E-state index contributed by atoms with van der Waals surface area (Å²) in [4.78, 5) is 0. The third-order valence-corrected chi connectivity index (χ3v) is 11.7. The van der Waals surface area contributed by atoms with E-state index in [4.69, 9.17) is 23.4 Å². The first-order chi connectivity index (χ1) is 14.9. The maximum absolute atomic E-state index is 6.56. The standard InChI is InChI=1S/C24H32BrIO5Si/c1-24(2,3)32(8,9)31-19-13-15(10-11-18(19)27-4)12-17(26)16-14-20(28-5)22(29-6)23(30-7)21(16)25/h10-14H,1-9H3/b17-12+. The zero-order chi connectivity index (χ0) is 24.3. The topological polar surface area (TPSA) is 46.2 Å². The highest BCUT2D eigenvalue weighted by Gasteiger charge is 2.39. The molecule has 0 amide bonds. The SMILES string of the molecule is COc1ccc(/C=C(/I)c2cc(OC)c(OC)c(OC)c2Br)cc1O[Si](C)(C)C(C)(C)C. The zero-order valence-electron chi connectivity index (χ0n) is 20.2. The second-order valence-electron chi connectivity index (χ2n) is 8.77. The number of benzene rings is 2. The van der Waals surface area contributed by atoms with Gasteiger partial charge in [0.2, 0.25) is 5.75 Å². The van der Waals surface area contributed by atoms with Crippen LogP contribution in [0, 0.1) is 0 Å². The molecule has 0 saturated carbocycles. The van der Waals surface area contributed by atoms with Crippen LogP contribution in [-0.2, 0) is 0 Å². The summed E-state index contributed by atoms with van der Waals surface area (Å²) in [5.41, 5.74) is 1.94. The molecule has 176 valence electrons. The molecule has 0 aliphatic carbocycles. The summed E-state index contributed by atoms with van der Waals surface area (Å²) in [5.74, 6) is 3.23. The van der Waals surface area contributed by atoms with E-state index in [0.29, 0.717) is 17.2 Å². The number of methoxy groups -OCH3 is 4. The van der Waals surface area contributed by atoms with Crippen molar-refractivity contribution in [1.29, 1.82) is 0 Å². The summed E-state index contributed by atoms with van der Waals surface area (Å²) in [6.45, 7) is 11.1. The minimum atomic E-state index is -2.02. The Bertz CT molecular complexity index is 999. The molecule has 2 aromatic carbocycles. The van der Waals surface area contributed by atoms with Gasteiger partial charge in [0.25, 0.3) is 8.32 Å². The van der Waals surface area contributed by atoms with E-state index in [0.717, 1.165) is 30.7 Å². The smallest absolute Gasteiger partial charge is 0.250 e. The molecule has 0 bridgehead atoms. The summed E-state index contributed by atoms with van der Waals surface area (Å²) < 4.78 is 30.5. The molecule has 0 aliphatic heterocycles. The zero-order valence-corrected chi connectivity index (χ0v) is 24.9. The minimum absolute atomic E-state index is 0.0827. The summed E-state index contributed by atoms with van der Waals surface area (Å²) in [6.07, 6.45) is 2.09. The Morgan fingerprint density at radius 2 is 1.47 bits per heavy atom. The molecule has 0 atom stereocenters. The Morgan fingerprint density at radius 3 is 1.97 bits per heavy atom. The summed E-state index contributed by atoms with van der Waals surface area (Å²) in [7, 11) is 4.46. The van der Waals surface area contributed by atoms with Crippen molar-refractivity contribution in [1.82, 2.24) is 0 Å². The van der Waals surface area contributed by atoms with Crippen molar-refractivity contribution in [2.45, 2.75) is 38.9 Å². The average molecular weight is 635 g/mol. The fourth-order valence-corrected chi connectivity index (χ4v) is 5.65. The van der Waals surface area contributed by atoms with Gasteiger partial charge < -0.3 is 23.4 Å². The van der Waals surface area contributed by atoms with Crippen LogP contribution in [0.1, 0.15) is 31.9 Å². The van der Waals surface area contributed by atoms with Crippen molar-refractivity contribution < 1.29 is 23.4 Å². The molecular weight excluding hydrogens is 603 g/mol. The molecule has 2 aromatic rings. The van der Waals surface area contributed by atoms with E-state index in [1.165, 1.54) is 0 Å². The van der Waals surface area contributed by atoms with E-state index in [1.807, 2.05) is 24.3 Å². The van der Waals surface area contributed by atoms with Crippen LogP contribution in [0.15, 0.2) is 28.7 Å².